The van der Waals surface area contributed by atoms with Crippen LogP contribution in [0, 0.1) is 0 Å². The molecule has 0 aliphatic rings. The van der Waals surface area contributed by atoms with E-state index in [1.54, 1.807) is 0 Å². The minimum absolute atomic E-state index is 0.392. The van der Waals surface area contributed by atoms with E-state index in [0.29, 0.717) is 5.92 Å². The first kappa shape index (κ1) is 27.2. The number of hydrogen-bond donors (Lipinski definition) is 2. The van der Waals surface area contributed by atoms with Crippen molar-refractivity contribution >= 4 is 60.9 Å². The third kappa shape index (κ3) is 11.2. The molecule has 4 N–H and O–H groups in total. The van der Waals surface area contributed by atoms with Crippen molar-refractivity contribution < 1.29 is 16.5 Å². The molecule has 2 rings (SSSR count). The summed E-state index contributed by atoms with van der Waals surface area (Å²) in [5.74, 6) is 0.392. The number of benzene rings is 2. The second kappa shape index (κ2) is 16.6. The van der Waals surface area contributed by atoms with Gasteiger partial charge in [-0.15, -0.1) is 0 Å². The summed E-state index contributed by atoms with van der Waals surface area (Å²) in [6.45, 7) is 2.29. The van der Waals surface area contributed by atoms with Crippen LogP contribution in [0.1, 0.15) is 55.6 Å². The topological polar surface area (TPSA) is 89.0 Å². The number of nitrogens with two attached hydrogens (primary N) is 2. The smallest absolute Gasteiger partial charge is 0.286 e. The molecule has 0 aliphatic carbocycles. The summed E-state index contributed by atoms with van der Waals surface area (Å²) in [6.07, 6.45) is 7.49. The molecule has 0 bridgehead atoms. The van der Waals surface area contributed by atoms with Gasteiger partial charge in [0.25, 0.3) is 30.0 Å². The number of hydrogen-bond acceptors (Lipinski definition) is 6. The molecule has 0 aromatic heterocycles. The molecule has 0 amide bonds. The van der Waals surface area contributed by atoms with Gasteiger partial charge in [0.15, 0.2) is 9.04 Å². The molecule has 0 saturated heterocycles. The van der Waals surface area contributed by atoms with Crippen LogP contribution >= 0.6 is 0 Å². The number of nitrogen functional groups attached to an aromatic ring is 2. The lowest BCUT2D eigenvalue weighted by molar-refractivity contribution is 0.403. The SMILES string of the molecule is C[SiH](CCCCCCCC(c1ccc(N)cc1)c1ccc(N)cc1)O[SiH2]O[SiH2]O[SiH2]O[SiH3]. The van der Waals surface area contributed by atoms with Crippen molar-refractivity contribution in [2.45, 2.75) is 57.0 Å². The minimum atomic E-state index is -1.06. The van der Waals surface area contributed by atoms with Crippen LogP contribution in [-0.4, -0.2) is 49.5 Å². The maximum absolute atomic E-state index is 5.97. The van der Waals surface area contributed by atoms with Gasteiger partial charge in [-0.1, -0.05) is 56.4 Å². The van der Waals surface area contributed by atoms with Crippen molar-refractivity contribution in [2.24, 2.45) is 0 Å². The van der Waals surface area contributed by atoms with Crippen molar-refractivity contribution in [3.8, 4) is 0 Å². The fourth-order valence-corrected chi connectivity index (χ4v) is 11.7. The number of anilines is 2. The summed E-state index contributed by atoms with van der Waals surface area (Å²) in [6, 6.07) is 17.9. The summed E-state index contributed by atoms with van der Waals surface area (Å²) < 4.78 is 22.1. The van der Waals surface area contributed by atoms with Crippen molar-refractivity contribution in [1.82, 2.24) is 0 Å². The van der Waals surface area contributed by atoms with Crippen LogP contribution in [0.15, 0.2) is 48.5 Å². The van der Waals surface area contributed by atoms with Gasteiger partial charge in [0.05, 0.1) is 0 Å². The van der Waals surface area contributed by atoms with Gasteiger partial charge in [-0.3, -0.25) is 0 Å². The van der Waals surface area contributed by atoms with Gasteiger partial charge < -0.3 is 27.9 Å². The first-order valence-corrected chi connectivity index (χ1v) is 18.3. The van der Waals surface area contributed by atoms with Crippen LogP contribution in [-0.2, 0) is 16.5 Å². The Balaban J connectivity index is 1.63. The standard InChI is InChI=1S/C21H40N2O4Si5/c1-32(27-31-26-30-25-29-24-28)16-6-4-2-3-5-7-21(17-8-12-19(22)13-9-17)18-10-14-20(23)15-11-18/h8-15,21,32H,2-7,16,22-23,29-31H2,1,28H3. The summed E-state index contributed by atoms with van der Waals surface area (Å²) >= 11 is 0. The van der Waals surface area contributed by atoms with Crippen LogP contribution < -0.4 is 11.5 Å². The van der Waals surface area contributed by atoms with Crippen LogP contribution in [0.5, 0.6) is 0 Å². The molecule has 178 valence electrons. The Morgan fingerprint density at radius 2 is 1.31 bits per heavy atom. The highest BCUT2D eigenvalue weighted by Gasteiger charge is 2.14. The highest BCUT2D eigenvalue weighted by atomic mass is 28.4. The molecule has 0 spiro atoms. The van der Waals surface area contributed by atoms with Gasteiger partial charge in [0, 0.05) is 17.3 Å². The van der Waals surface area contributed by atoms with Crippen LogP contribution in [0.2, 0.25) is 12.6 Å². The van der Waals surface area contributed by atoms with E-state index in [2.05, 4.69) is 30.8 Å². The van der Waals surface area contributed by atoms with Gasteiger partial charge in [-0.05, 0) is 54.4 Å². The molecule has 11 heteroatoms. The normalized spacial score (nSPS) is 13.6. The van der Waals surface area contributed by atoms with Gasteiger partial charge in [0.1, 0.15) is 10.5 Å². The van der Waals surface area contributed by atoms with E-state index in [-0.39, 0.29) is 0 Å². The molecule has 1 unspecified atom stereocenters. The molecule has 0 heterocycles. The first-order valence-electron chi connectivity index (χ1n) is 11.6. The van der Waals surface area contributed by atoms with E-state index in [9.17, 15) is 0 Å². The molecule has 0 aliphatic heterocycles. The Morgan fingerprint density at radius 1 is 0.781 bits per heavy atom. The zero-order valence-electron chi connectivity index (χ0n) is 19.6. The first-order chi connectivity index (χ1) is 15.6. The maximum atomic E-state index is 5.97. The van der Waals surface area contributed by atoms with Crippen LogP contribution in [0.25, 0.3) is 0 Å². The van der Waals surface area contributed by atoms with E-state index in [4.69, 9.17) is 27.9 Å². The van der Waals surface area contributed by atoms with Crippen molar-refractivity contribution in [3.63, 3.8) is 0 Å². The van der Waals surface area contributed by atoms with Gasteiger partial charge in [0.2, 0.25) is 0 Å². The number of rotatable bonds is 17. The molecule has 2 aromatic carbocycles. The fourth-order valence-electron chi connectivity index (χ4n) is 3.75. The predicted molar refractivity (Wildman–Crippen MR) is 149 cm³/mol. The van der Waals surface area contributed by atoms with Crippen molar-refractivity contribution in [3.05, 3.63) is 59.7 Å². The summed E-state index contributed by atoms with van der Waals surface area (Å²) in [7, 11) is -2.64. The van der Waals surface area contributed by atoms with E-state index < -0.39 is 39.1 Å². The van der Waals surface area contributed by atoms with Gasteiger partial charge in [-0.2, -0.15) is 0 Å². The lowest BCUT2D eigenvalue weighted by atomic mass is 9.86. The Bertz CT molecular complexity index is 694. The molecular formula is C21H40N2O4Si5. The quantitative estimate of drug-likeness (QED) is 0.182. The minimum Gasteiger partial charge on any atom is -0.449 e. The van der Waals surface area contributed by atoms with E-state index in [0.717, 1.165) is 28.3 Å². The summed E-state index contributed by atoms with van der Waals surface area (Å²) in [5.41, 5.74) is 16.1. The Kier molecular flexibility index (Phi) is 14.1. The molecule has 0 radical (unpaired) electrons. The summed E-state index contributed by atoms with van der Waals surface area (Å²) in [5, 5.41) is 0. The maximum Gasteiger partial charge on any atom is 0.286 e. The van der Waals surface area contributed by atoms with Gasteiger partial charge >= 0.3 is 0 Å². The van der Waals surface area contributed by atoms with Crippen molar-refractivity contribution in [2.75, 3.05) is 11.5 Å². The lowest BCUT2D eigenvalue weighted by Gasteiger charge is -2.19. The predicted octanol–water partition coefficient (Wildman–Crippen LogP) is 1.02. The van der Waals surface area contributed by atoms with E-state index >= 15 is 0 Å². The van der Waals surface area contributed by atoms with Crippen LogP contribution in [0.4, 0.5) is 11.4 Å². The molecule has 2 aromatic rings. The highest BCUT2D eigenvalue weighted by Crippen LogP contribution is 2.31. The molecule has 1 atom stereocenters. The second-order valence-electron chi connectivity index (χ2n) is 8.26. The van der Waals surface area contributed by atoms with Crippen LogP contribution in [0.3, 0.4) is 0 Å². The third-order valence-corrected chi connectivity index (χ3v) is 13.2. The Morgan fingerprint density at radius 3 is 1.91 bits per heavy atom. The Hall–Kier alpha value is -1.04. The molecule has 32 heavy (non-hydrogen) atoms. The van der Waals surface area contributed by atoms with Gasteiger partial charge in [-0.25, -0.2) is 0 Å². The zero-order valence-corrected chi connectivity index (χ0v) is 27.0. The fraction of sp³-hybridized carbons (Fsp3) is 0.429. The molecular weight excluding hydrogens is 485 g/mol. The highest BCUT2D eigenvalue weighted by molar-refractivity contribution is 6.57. The lowest BCUT2D eigenvalue weighted by Crippen LogP contribution is -2.21. The number of unbranched alkanes of at least 4 members (excludes halogenated alkanes) is 4. The van der Waals surface area contributed by atoms with Crippen molar-refractivity contribution in [1.29, 1.82) is 0 Å². The largest absolute Gasteiger partial charge is 0.449 e. The molecule has 0 saturated carbocycles. The second-order valence-corrected chi connectivity index (χ2v) is 18.1. The molecule has 0 fully saturated rings. The molecule has 6 nitrogen and oxygen atoms in total. The average Bonchev–Trinajstić information content (AvgIpc) is 2.80. The third-order valence-electron chi connectivity index (χ3n) is 5.58. The van der Waals surface area contributed by atoms with E-state index in [1.807, 2.05) is 24.3 Å². The average molecular weight is 525 g/mol. The van der Waals surface area contributed by atoms with E-state index in [1.165, 1.54) is 49.3 Å². The Labute approximate surface area is 205 Å². The summed E-state index contributed by atoms with van der Waals surface area (Å²) in [4.78, 5) is 0. The zero-order chi connectivity index (χ0) is 23.0. The monoisotopic (exact) mass is 524 g/mol.